The van der Waals surface area contributed by atoms with E-state index in [0.717, 1.165) is 0 Å². The van der Waals surface area contributed by atoms with Crippen molar-refractivity contribution >= 4 is 21.9 Å². The van der Waals surface area contributed by atoms with Gasteiger partial charge in [-0.05, 0) is 28.1 Å². The van der Waals surface area contributed by atoms with E-state index in [1.807, 2.05) is 0 Å². The lowest BCUT2D eigenvalue weighted by Crippen LogP contribution is -1.97. The van der Waals surface area contributed by atoms with E-state index in [-0.39, 0.29) is 5.69 Å². The summed E-state index contributed by atoms with van der Waals surface area (Å²) in [5.41, 5.74) is 0.191. The number of carboxylic acids is 1. The van der Waals surface area contributed by atoms with Crippen LogP contribution in [-0.2, 0) is 0 Å². The van der Waals surface area contributed by atoms with Gasteiger partial charge in [-0.3, -0.25) is 0 Å². The molecule has 0 fully saturated rings. The number of aromatic nitrogens is 3. The van der Waals surface area contributed by atoms with Crippen molar-refractivity contribution in [2.24, 2.45) is 0 Å². The minimum absolute atomic E-state index is 0.198. The highest BCUT2D eigenvalue weighted by Crippen LogP contribution is 2.21. The molecule has 7 heteroatoms. The molecule has 0 atom stereocenters. The number of carboxylic acid groups (broad SMARTS) is 1. The molecule has 2 rings (SSSR count). The zero-order chi connectivity index (χ0) is 11.7. The third-order valence-corrected chi connectivity index (χ3v) is 2.54. The maximum absolute atomic E-state index is 13.0. The summed E-state index contributed by atoms with van der Waals surface area (Å²) < 4.78 is 14.8. The second-order valence-corrected chi connectivity index (χ2v) is 3.80. The van der Waals surface area contributed by atoms with E-state index in [1.54, 1.807) is 0 Å². The zero-order valence-corrected chi connectivity index (χ0v) is 9.35. The molecule has 5 nitrogen and oxygen atoms in total. The van der Waals surface area contributed by atoms with E-state index in [9.17, 15) is 9.18 Å². The van der Waals surface area contributed by atoms with Crippen LogP contribution in [0.25, 0.3) is 5.69 Å². The normalized spacial score (nSPS) is 10.4. The Morgan fingerprint density at radius 3 is 2.88 bits per heavy atom. The van der Waals surface area contributed by atoms with Crippen LogP contribution in [0.2, 0.25) is 0 Å². The summed E-state index contributed by atoms with van der Waals surface area (Å²) >= 11 is 3.21. The quantitative estimate of drug-likeness (QED) is 0.915. The fraction of sp³-hybridized carbons (Fsp3) is 0. The Kier molecular flexibility index (Phi) is 2.69. The molecule has 0 amide bonds. The third kappa shape index (κ3) is 1.94. The first kappa shape index (κ1) is 10.7. The standard InChI is InChI=1S/C9H5BrFN3O2/c10-6-2-1-5(11)3-8(6)14-4-7(9(15)16)12-13-14/h1-4H,(H,15,16). The highest BCUT2D eigenvalue weighted by atomic mass is 79.9. The Morgan fingerprint density at radius 2 is 2.25 bits per heavy atom. The Morgan fingerprint density at radius 1 is 1.50 bits per heavy atom. The summed E-state index contributed by atoms with van der Waals surface area (Å²) in [5, 5.41) is 15.7. The van der Waals surface area contributed by atoms with Crippen LogP contribution in [0.1, 0.15) is 10.5 Å². The molecular formula is C9H5BrFN3O2. The molecule has 0 saturated carbocycles. The summed E-state index contributed by atoms with van der Waals surface area (Å²) in [5.74, 6) is -1.62. The summed E-state index contributed by atoms with van der Waals surface area (Å²) in [6, 6.07) is 4.01. The van der Waals surface area contributed by atoms with E-state index < -0.39 is 11.8 Å². The SMILES string of the molecule is O=C(O)c1cn(-c2cc(F)ccc2Br)nn1. The zero-order valence-electron chi connectivity index (χ0n) is 7.76. The minimum atomic E-state index is -1.18. The summed E-state index contributed by atoms with van der Waals surface area (Å²) in [7, 11) is 0. The van der Waals surface area contributed by atoms with E-state index in [0.29, 0.717) is 10.2 Å². The average Bonchev–Trinajstić information content (AvgIpc) is 2.70. The largest absolute Gasteiger partial charge is 0.476 e. The van der Waals surface area contributed by atoms with Gasteiger partial charge in [-0.2, -0.15) is 0 Å². The Hall–Kier alpha value is -1.76. The Balaban J connectivity index is 2.50. The molecule has 0 saturated heterocycles. The van der Waals surface area contributed by atoms with Crippen LogP contribution in [0, 0.1) is 5.82 Å². The molecule has 0 unspecified atom stereocenters. The van der Waals surface area contributed by atoms with Gasteiger partial charge in [0.25, 0.3) is 0 Å². The van der Waals surface area contributed by atoms with E-state index in [2.05, 4.69) is 26.2 Å². The maximum atomic E-state index is 13.0. The van der Waals surface area contributed by atoms with Crippen molar-refractivity contribution in [3.05, 3.63) is 40.4 Å². The summed E-state index contributed by atoms with van der Waals surface area (Å²) in [6.45, 7) is 0. The Labute approximate surface area is 97.6 Å². The predicted molar refractivity (Wildman–Crippen MR) is 56.0 cm³/mol. The van der Waals surface area contributed by atoms with E-state index in [1.165, 1.54) is 29.1 Å². The number of halogens is 2. The van der Waals surface area contributed by atoms with Crippen molar-refractivity contribution in [2.75, 3.05) is 0 Å². The topological polar surface area (TPSA) is 68.0 Å². The average molecular weight is 286 g/mol. The van der Waals surface area contributed by atoms with Crippen LogP contribution in [0.5, 0.6) is 0 Å². The number of hydrogen-bond acceptors (Lipinski definition) is 3. The number of aromatic carboxylic acids is 1. The van der Waals surface area contributed by atoms with Crippen LogP contribution in [0.3, 0.4) is 0 Å². The highest BCUT2D eigenvalue weighted by molar-refractivity contribution is 9.10. The molecule has 0 aliphatic heterocycles. The predicted octanol–water partition coefficient (Wildman–Crippen LogP) is 1.87. The smallest absolute Gasteiger partial charge is 0.358 e. The van der Waals surface area contributed by atoms with Crippen molar-refractivity contribution < 1.29 is 14.3 Å². The first-order chi connectivity index (χ1) is 7.58. The van der Waals surface area contributed by atoms with Gasteiger partial charge in [0.05, 0.1) is 11.9 Å². The maximum Gasteiger partial charge on any atom is 0.358 e. The van der Waals surface area contributed by atoms with Crippen molar-refractivity contribution in [1.29, 1.82) is 0 Å². The van der Waals surface area contributed by atoms with Gasteiger partial charge in [0.2, 0.25) is 0 Å². The molecule has 1 N–H and O–H groups in total. The molecule has 0 spiro atoms. The minimum Gasteiger partial charge on any atom is -0.476 e. The fourth-order valence-corrected chi connectivity index (χ4v) is 1.57. The fourth-order valence-electron chi connectivity index (χ4n) is 1.14. The monoisotopic (exact) mass is 285 g/mol. The number of nitrogens with zero attached hydrogens (tertiary/aromatic N) is 3. The van der Waals surface area contributed by atoms with Gasteiger partial charge in [-0.1, -0.05) is 5.21 Å². The second kappa shape index (κ2) is 4.01. The highest BCUT2D eigenvalue weighted by Gasteiger charge is 2.11. The molecule has 82 valence electrons. The van der Waals surface area contributed by atoms with Gasteiger partial charge in [-0.15, -0.1) is 5.10 Å². The molecule has 0 aliphatic rings. The molecule has 0 radical (unpaired) electrons. The number of rotatable bonds is 2. The van der Waals surface area contributed by atoms with Gasteiger partial charge in [0, 0.05) is 10.5 Å². The molecule has 1 heterocycles. The van der Waals surface area contributed by atoms with Gasteiger partial charge < -0.3 is 5.11 Å². The molecular weight excluding hydrogens is 281 g/mol. The lowest BCUT2D eigenvalue weighted by atomic mass is 10.3. The van der Waals surface area contributed by atoms with Crippen molar-refractivity contribution in [3.8, 4) is 5.69 Å². The molecule has 0 bridgehead atoms. The van der Waals surface area contributed by atoms with Crippen LogP contribution in [0.15, 0.2) is 28.9 Å². The second-order valence-electron chi connectivity index (χ2n) is 2.95. The van der Waals surface area contributed by atoms with Crippen molar-refractivity contribution in [2.45, 2.75) is 0 Å². The lowest BCUT2D eigenvalue weighted by molar-refractivity contribution is 0.0690. The van der Waals surface area contributed by atoms with Gasteiger partial charge in [0.1, 0.15) is 5.82 Å². The van der Waals surface area contributed by atoms with E-state index in [4.69, 9.17) is 5.11 Å². The van der Waals surface area contributed by atoms with Crippen LogP contribution in [0.4, 0.5) is 4.39 Å². The molecule has 1 aromatic heterocycles. The van der Waals surface area contributed by atoms with Gasteiger partial charge in [0.15, 0.2) is 5.69 Å². The first-order valence-corrected chi connectivity index (χ1v) is 4.98. The van der Waals surface area contributed by atoms with Gasteiger partial charge in [-0.25, -0.2) is 13.9 Å². The van der Waals surface area contributed by atoms with Crippen LogP contribution < -0.4 is 0 Å². The summed E-state index contributed by atoms with van der Waals surface area (Å²) in [6.07, 6.45) is 1.21. The molecule has 0 aliphatic carbocycles. The van der Waals surface area contributed by atoms with Crippen molar-refractivity contribution in [1.82, 2.24) is 15.0 Å². The van der Waals surface area contributed by atoms with Crippen molar-refractivity contribution in [3.63, 3.8) is 0 Å². The van der Waals surface area contributed by atoms with Crippen LogP contribution >= 0.6 is 15.9 Å². The Bertz CT molecular complexity index is 555. The van der Waals surface area contributed by atoms with Gasteiger partial charge >= 0.3 is 5.97 Å². The number of carbonyl (C=O) groups is 1. The molecule has 1 aromatic carbocycles. The third-order valence-electron chi connectivity index (χ3n) is 1.87. The first-order valence-electron chi connectivity index (χ1n) is 4.19. The molecule has 16 heavy (non-hydrogen) atoms. The van der Waals surface area contributed by atoms with Crippen LogP contribution in [-0.4, -0.2) is 26.1 Å². The number of benzene rings is 1. The summed E-state index contributed by atoms with van der Waals surface area (Å²) in [4.78, 5) is 10.6. The lowest BCUT2D eigenvalue weighted by Gasteiger charge is -2.02. The molecule has 2 aromatic rings. The van der Waals surface area contributed by atoms with E-state index >= 15 is 0 Å². The number of hydrogen-bond donors (Lipinski definition) is 1.